The zero-order chi connectivity index (χ0) is 25.2. The van der Waals surface area contributed by atoms with E-state index in [2.05, 4.69) is 30.6 Å². The minimum absolute atomic E-state index is 0.0158. The van der Waals surface area contributed by atoms with E-state index in [0.717, 1.165) is 23.8 Å². The number of methoxy groups -OCH3 is 2. The molecule has 1 amide bonds. The molecule has 0 aliphatic rings. The molecule has 12 heteroatoms. The Hall–Kier alpha value is -4.48. The van der Waals surface area contributed by atoms with Crippen LogP contribution in [0, 0.1) is 6.92 Å². The first-order chi connectivity index (χ1) is 16.7. The number of carbonyl (C=O) groups is 1. The van der Waals surface area contributed by atoms with Crippen LogP contribution in [0.15, 0.2) is 48.9 Å². The van der Waals surface area contributed by atoms with Crippen LogP contribution in [0.4, 0.5) is 30.4 Å². The predicted octanol–water partition coefficient (Wildman–Crippen LogP) is 4.76. The summed E-state index contributed by atoms with van der Waals surface area (Å²) in [5.74, 6) is -0.364. The van der Waals surface area contributed by atoms with Gasteiger partial charge in [-0.05, 0) is 42.8 Å². The van der Waals surface area contributed by atoms with Crippen molar-refractivity contribution in [1.29, 1.82) is 0 Å². The van der Waals surface area contributed by atoms with Crippen LogP contribution >= 0.6 is 0 Å². The maximum Gasteiger partial charge on any atom is 0.416 e. The van der Waals surface area contributed by atoms with E-state index in [4.69, 9.17) is 9.47 Å². The van der Waals surface area contributed by atoms with E-state index in [1.54, 1.807) is 18.2 Å². The number of fused-ring (bicyclic) bond motifs is 1. The van der Waals surface area contributed by atoms with E-state index < -0.39 is 17.6 Å². The van der Waals surface area contributed by atoms with Crippen LogP contribution in [0.2, 0.25) is 0 Å². The van der Waals surface area contributed by atoms with E-state index in [9.17, 15) is 18.0 Å². The Bertz CT molecular complexity index is 1410. The number of amides is 1. The van der Waals surface area contributed by atoms with E-state index in [1.807, 2.05) is 6.92 Å². The van der Waals surface area contributed by atoms with Gasteiger partial charge in [-0.2, -0.15) is 18.2 Å². The van der Waals surface area contributed by atoms with Gasteiger partial charge in [0.15, 0.2) is 5.82 Å². The summed E-state index contributed by atoms with van der Waals surface area (Å²) in [4.78, 5) is 29.5. The average Bonchev–Trinajstić information content (AvgIpc) is 2.85. The van der Waals surface area contributed by atoms with E-state index >= 15 is 0 Å². The largest absolute Gasteiger partial charge is 0.496 e. The van der Waals surface area contributed by atoms with Crippen molar-refractivity contribution >= 4 is 34.1 Å². The van der Waals surface area contributed by atoms with Crippen LogP contribution in [0.3, 0.4) is 0 Å². The molecule has 0 spiro atoms. The fourth-order valence-electron chi connectivity index (χ4n) is 3.25. The van der Waals surface area contributed by atoms with Gasteiger partial charge in [-0.1, -0.05) is 6.07 Å². The van der Waals surface area contributed by atoms with Gasteiger partial charge in [0.25, 0.3) is 5.91 Å². The smallest absolute Gasteiger partial charge is 0.416 e. The van der Waals surface area contributed by atoms with Gasteiger partial charge in [0.2, 0.25) is 0 Å². The zero-order valence-corrected chi connectivity index (χ0v) is 18.8. The van der Waals surface area contributed by atoms with Crippen molar-refractivity contribution in [2.75, 3.05) is 24.9 Å². The number of nitrogens with one attached hydrogen (secondary N) is 2. The lowest BCUT2D eigenvalue weighted by Gasteiger charge is -2.15. The van der Waals surface area contributed by atoms with E-state index in [0.29, 0.717) is 28.2 Å². The topological polar surface area (TPSA) is 111 Å². The van der Waals surface area contributed by atoms with Gasteiger partial charge in [-0.15, -0.1) is 0 Å². The summed E-state index contributed by atoms with van der Waals surface area (Å²) >= 11 is 0. The number of carbonyl (C=O) groups excluding carboxylic acids is 1. The molecule has 2 aromatic heterocycles. The molecular formula is C23H19F3N6O3. The monoisotopic (exact) mass is 484 g/mol. The van der Waals surface area contributed by atoms with Gasteiger partial charge in [0, 0.05) is 11.4 Å². The summed E-state index contributed by atoms with van der Waals surface area (Å²) in [6.07, 6.45) is -1.75. The third-order valence-electron chi connectivity index (χ3n) is 5.06. The Morgan fingerprint density at radius 3 is 2.51 bits per heavy atom. The highest BCUT2D eigenvalue weighted by Crippen LogP contribution is 2.33. The predicted molar refractivity (Wildman–Crippen MR) is 122 cm³/mol. The number of hydrogen-bond donors (Lipinski definition) is 2. The first-order valence-electron chi connectivity index (χ1n) is 10.2. The maximum absolute atomic E-state index is 13.1. The second-order valence-corrected chi connectivity index (χ2v) is 7.33. The molecule has 0 atom stereocenters. The molecule has 2 heterocycles. The average molecular weight is 484 g/mol. The van der Waals surface area contributed by atoms with Crippen molar-refractivity contribution in [1.82, 2.24) is 19.9 Å². The van der Waals surface area contributed by atoms with Crippen LogP contribution in [-0.4, -0.2) is 40.1 Å². The molecule has 4 rings (SSSR count). The van der Waals surface area contributed by atoms with Crippen LogP contribution in [0.25, 0.3) is 11.0 Å². The van der Waals surface area contributed by atoms with Crippen LogP contribution in [0.1, 0.15) is 21.5 Å². The molecule has 35 heavy (non-hydrogen) atoms. The van der Waals surface area contributed by atoms with Crippen molar-refractivity contribution in [2.24, 2.45) is 0 Å². The Kier molecular flexibility index (Phi) is 6.36. The molecule has 0 fully saturated rings. The number of alkyl halides is 3. The van der Waals surface area contributed by atoms with Crippen LogP contribution < -0.4 is 20.1 Å². The molecule has 0 radical (unpaired) electrons. The zero-order valence-electron chi connectivity index (χ0n) is 18.8. The minimum atomic E-state index is -4.60. The first-order valence-corrected chi connectivity index (χ1v) is 10.2. The molecule has 180 valence electrons. The molecule has 0 aliphatic heterocycles. The number of aromatic nitrogens is 4. The molecular weight excluding hydrogens is 465 g/mol. The third kappa shape index (κ3) is 5.05. The summed E-state index contributed by atoms with van der Waals surface area (Å²) in [5, 5.41) is 5.77. The Morgan fingerprint density at radius 1 is 1.00 bits per heavy atom. The highest BCUT2D eigenvalue weighted by molar-refractivity contribution is 6.06. The van der Waals surface area contributed by atoms with Crippen LogP contribution in [-0.2, 0) is 6.18 Å². The quantitative estimate of drug-likeness (QED) is 0.403. The standard InChI is InChI=1S/C23H19F3N6O3/c1-12-4-6-14(30-21(33)15-8-13(23(24,25)26)5-7-18(15)34-2)9-16(12)31-20-19-17(28-11-29-20)10-27-22(32-19)35-3/h4-11H,1-3H3,(H,30,33)(H,28,29,31). The van der Waals surface area contributed by atoms with Crippen molar-refractivity contribution in [3.8, 4) is 11.8 Å². The second kappa shape index (κ2) is 9.41. The lowest BCUT2D eigenvalue weighted by atomic mass is 10.1. The Balaban J connectivity index is 1.64. The van der Waals surface area contributed by atoms with Gasteiger partial charge in [0.1, 0.15) is 23.1 Å². The molecule has 0 aliphatic carbocycles. The molecule has 0 unspecified atom stereocenters. The number of aryl methyl sites for hydroxylation is 1. The normalized spacial score (nSPS) is 11.3. The highest BCUT2D eigenvalue weighted by atomic mass is 19.4. The fraction of sp³-hybridized carbons (Fsp3) is 0.174. The number of ether oxygens (including phenoxy) is 2. The molecule has 0 bridgehead atoms. The number of rotatable bonds is 6. The lowest BCUT2D eigenvalue weighted by Crippen LogP contribution is -2.15. The van der Waals surface area contributed by atoms with Gasteiger partial charge in [-0.3, -0.25) is 4.79 Å². The molecule has 2 aromatic carbocycles. The Morgan fingerprint density at radius 2 is 1.80 bits per heavy atom. The van der Waals surface area contributed by atoms with Crippen LogP contribution in [0.5, 0.6) is 11.8 Å². The maximum atomic E-state index is 13.1. The van der Waals surface area contributed by atoms with E-state index in [-0.39, 0.29) is 17.3 Å². The summed E-state index contributed by atoms with van der Waals surface area (Å²) in [6, 6.07) is 7.84. The van der Waals surface area contributed by atoms with E-state index in [1.165, 1.54) is 26.7 Å². The number of hydrogen-bond acceptors (Lipinski definition) is 8. The number of nitrogens with zero attached hydrogens (tertiary/aromatic N) is 4. The Labute approximate surface area is 197 Å². The molecule has 0 saturated heterocycles. The van der Waals surface area contributed by atoms with Crippen molar-refractivity contribution in [3.63, 3.8) is 0 Å². The van der Waals surface area contributed by atoms with Crippen molar-refractivity contribution in [2.45, 2.75) is 13.1 Å². The third-order valence-corrected chi connectivity index (χ3v) is 5.06. The number of anilines is 3. The van der Waals surface area contributed by atoms with Crippen molar-refractivity contribution in [3.05, 3.63) is 65.6 Å². The van der Waals surface area contributed by atoms with Gasteiger partial charge < -0.3 is 20.1 Å². The SMILES string of the molecule is COc1ncc2ncnc(Nc3cc(NC(=O)c4cc(C(F)(F)F)ccc4OC)ccc3C)c2n1. The molecule has 9 nitrogen and oxygen atoms in total. The second-order valence-electron chi connectivity index (χ2n) is 7.33. The summed E-state index contributed by atoms with van der Waals surface area (Å²) in [5.41, 5.74) is 1.44. The number of halogens is 3. The summed E-state index contributed by atoms with van der Waals surface area (Å²) < 4.78 is 49.6. The molecule has 0 saturated carbocycles. The molecule has 4 aromatic rings. The fourth-order valence-corrected chi connectivity index (χ4v) is 3.25. The lowest BCUT2D eigenvalue weighted by molar-refractivity contribution is -0.137. The molecule has 2 N–H and O–H groups in total. The van der Waals surface area contributed by atoms with Gasteiger partial charge >= 0.3 is 12.2 Å². The summed E-state index contributed by atoms with van der Waals surface area (Å²) in [7, 11) is 2.71. The summed E-state index contributed by atoms with van der Waals surface area (Å²) in [6.45, 7) is 1.84. The van der Waals surface area contributed by atoms with Gasteiger partial charge in [0.05, 0.1) is 31.5 Å². The highest BCUT2D eigenvalue weighted by Gasteiger charge is 2.32. The minimum Gasteiger partial charge on any atom is -0.496 e. The first kappa shape index (κ1) is 23.7. The number of benzene rings is 2. The van der Waals surface area contributed by atoms with Gasteiger partial charge in [-0.25, -0.2) is 15.0 Å². The van der Waals surface area contributed by atoms with Crippen molar-refractivity contribution < 1.29 is 27.4 Å².